The summed E-state index contributed by atoms with van der Waals surface area (Å²) in [6.45, 7) is 4.53. The van der Waals surface area contributed by atoms with Gasteiger partial charge in [0.15, 0.2) is 0 Å². The van der Waals surface area contributed by atoms with Crippen LogP contribution in [0.1, 0.15) is 50.3 Å². The SMILES string of the molecule is CCCCN(Cc1cccn1Cc1cccc(OC)c1)C(=O)C1CCC1. The molecule has 2 aromatic rings. The molecule has 4 nitrogen and oxygen atoms in total. The number of hydrogen-bond acceptors (Lipinski definition) is 2. The van der Waals surface area contributed by atoms with Crippen molar-refractivity contribution >= 4 is 5.91 Å². The van der Waals surface area contributed by atoms with Gasteiger partial charge in [0.05, 0.1) is 13.7 Å². The Bertz CT molecular complexity index is 718. The molecule has 26 heavy (non-hydrogen) atoms. The zero-order chi connectivity index (χ0) is 18.4. The minimum Gasteiger partial charge on any atom is -0.497 e. The molecule has 1 saturated carbocycles. The molecule has 1 aromatic heterocycles. The third kappa shape index (κ3) is 4.48. The second-order valence-corrected chi connectivity index (χ2v) is 7.22. The molecule has 1 fully saturated rings. The molecule has 0 radical (unpaired) electrons. The fourth-order valence-corrected chi connectivity index (χ4v) is 3.44. The second-order valence-electron chi connectivity index (χ2n) is 7.22. The summed E-state index contributed by atoms with van der Waals surface area (Å²) in [5.74, 6) is 1.48. The highest BCUT2D eigenvalue weighted by molar-refractivity contribution is 5.79. The van der Waals surface area contributed by atoms with Gasteiger partial charge >= 0.3 is 0 Å². The van der Waals surface area contributed by atoms with Gasteiger partial charge in [0, 0.05) is 30.9 Å². The maximum absolute atomic E-state index is 12.8. The summed E-state index contributed by atoms with van der Waals surface area (Å²) in [5.41, 5.74) is 2.39. The Morgan fingerprint density at radius 1 is 1.27 bits per heavy atom. The van der Waals surface area contributed by atoms with Gasteiger partial charge in [-0.2, -0.15) is 0 Å². The first-order chi connectivity index (χ1) is 12.7. The zero-order valence-electron chi connectivity index (χ0n) is 16.0. The summed E-state index contributed by atoms with van der Waals surface area (Å²) < 4.78 is 7.57. The van der Waals surface area contributed by atoms with Crippen LogP contribution in [0.25, 0.3) is 0 Å². The zero-order valence-corrected chi connectivity index (χ0v) is 16.0. The highest BCUT2D eigenvalue weighted by Crippen LogP contribution is 2.29. The van der Waals surface area contributed by atoms with Gasteiger partial charge in [0.1, 0.15) is 5.75 Å². The Morgan fingerprint density at radius 3 is 2.81 bits per heavy atom. The first-order valence-corrected chi connectivity index (χ1v) is 9.77. The number of amides is 1. The normalized spacial score (nSPS) is 14.1. The summed E-state index contributed by atoms with van der Waals surface area (Å²) in [7, 11) is 1.69. The number of ether oxygens (including phenoxy) is 1. The molecule has 1 aliphatic rings. The lowest BCUT2D eigenvalue weighted by Gasteiger charge is -2.32. The van der Waals surface area contributed by atoms with Gasteiger partial charge in [0.2, 0.25) is 5.91 Å². The third-order valence-electron chi connectivity index (χ3n) is 5.31. The molecule has 3 rings (SSSR count). The number of rotatable bonds is 9. The highest BCUT2D eigenvalue weighted by atomic mass is 16.5. The Kier molecular flexibility index (Phi) is 6.37. The van der Waals surface area contributed by atoms with E-state index in [1.165, 1.54) is 17.7 Å². The molecule has 4 heteroatoms. The van der Waals surface area contributed by atoms with Crippen molar-refractivity contribution in [2.24, 2.45) is 5.92 Å². The number of carbonyl (C=O) groups is 1. The van der Waals surface area contributed by atoms with Crippen LogP contribution in [0.15, 0.2) is 42.6 Å². The van der Waals surface area contributed by atoms with Crippen molar-refractivity contribution < 1.29 is 9.53 Å². The smallest absolute Gasteiger partial charge is 0.226 e. The molecule has 0 bridgehead atoms. The molecule has 1 aliphatic carbocycles. The van der Waals surface area contributed by atoms with Crippen LogP contribution in [0, 0.1) is 5.92 Å². The minimum absolute atomic E-state index is 0.258. The molecular weight excluding hydrogens is 324 g/mol. The van der Waals surface area contributed by atoms with Gasteiger partial charge in [-0.15, -0.1) is 0 Å². The molecule has 0 saturated heterocycles. The molecule has 1 aromatic carbocycles. The number of hydrogen-bond donors (Lipinski definition) is 0. The van der Waals surface area contributed by atoms with Gasteiger partial charge < -0.3 is 14.2 Å². The van der Waals surface area contributed by atoms with Crippen molar-refractivity contribution in [2.75, 3.05) is 13.7 Å². The number of unbranched alkanes of at least 4 members (excludes halogenated alkanes) is 1. The van der Waals surface area contributed by atoms with Crippen molar-refractivity contribution in [1.82, 2.24) is 9.47 Å². The molecule has 0 unspecified atom stereocenters. The fraction of sp³-hybridized carbons (Fsp3) is 0.500. The van der Waals surface area contributed by atoms with Crippen molar-refractivity contribution in [2.45, 2.75) is 52.1 Å². The average molecular weight is 354 g/mol. The van der Waals surface area contributed by atoms with Crippen LogP contribution < -0.4 is 4.74 Å². The van der Waals surface area contributed by atoms with E-state index in [9.17, 15) is 4.79 Å². The average Bonchev–Trinajstić information content (AvgIpc) is 3.03. The molecule has 0 atom stereocenters. The van der Waals surface area contributed by atoms with E-state index in [1.807, 2.05) is 12.1 Å². The number of benzene rings is 1. The predicted molar refractivity (Wildman–Crippen MR) is 104 cm³/mol. The highest BCUT2D eigenvalue weighted by Gasteiger charge is 2.29. The minimum atomic E-state index is 0.258. The Balaban J connectivity index is 1.71. The van der Waals surface area contributed by atoms with Crippen LogP contribution in [0.5, 0.6) is 5.75 Å². The maximum Gasteiger partial charge on any atom is 0.226 e. The van der Waals surface area contributed by atoms with Crippen molar-refractivity contribution in [1.29, 1.82) is 0 Å². The molecular formula is C22H30N2O2. The summed E-state index contributed by atoms with van der Waals surface area (Å²) in [6.07, 6.45) is 7.59. The number of carbonyl (C=O) groups excluding carboxylic acids is 1. The van der Waals surface area contributed by atoms with E-state index in [4.69, 9.17) is 4.74 Å². The van der Waals surface area contributed by atoms with E-state index >= 15 is 0 Å². The molecule has 1 heterocycles. The van der Waals surface area contributed by atoms with E-state index in [0.717, 1.165) is 44.5 Å². The lowest BCUT2D eigenvalue weighted by atomic mass is 9.84. The molecule has 0 aliphatic heterocycles. The second kappa shape index (κ2) is 8.93. The van der Waals surface area contributed by atoms with Gasteiger partial charge in [-0.1, -0.05) is 31.9 Å². The van der Waals surface area contributed by atoms with E-state index in [-0.39, 0.29) is 5.92 Å². The summed E-state index contributed by atoms with van der Waals surface area (Å²) in [4.78, 5) is 14.9. The van der Waals surface area contributed by atoms with Crippen molar-refractivity contribution in [3.05, 3.63) is 53.9 Å². The van der Waals surface area contributed by atoms with Gasteiger partial charge in [-0.25, -0.2) is 0 Å². The Labute approximate surface area is 156 Å². The van der Waals surface area contributed by atoms with E-state index in [1.54, 1.807) is 7.11 Å². The summed E-state index contributed by atoms with van der Waals surface area (Å²) in [5, 5.41) is 0. The van der Waals surface area contributed by atoms with E-state index in [2.05, 4.69) is 46.9 Å². The van der Waals surface area contributed by atoms with Gasteiger partial charge in [-0.05, 0) is 49.1 Å². The summed E-state index contributed by atoms with van der Waals surface area (Å²) >= 11 is 0. The number of methoxy groups -OCH3 is 1. The van der Waals surface area contributed by atoms with Gasteiger partial charge in [0.25, 0.3) is 0 Å². The predicted octanol–water partition coefficient (Wildman–Crippen LogP) is 4.47. The van der Waals surface area contributed by atoms with Crippen LogP contribution in [0.4, 0.5) is 0 Å². The Hall–Kier alpha value is -2.23. The Morgan fingerprint density at radius 2 is 2.12 bits per heavy atom. The fourth-order valence-electron chi connectivity index (χ4n) is 3.44. The largest absolute Gasteiger partial charge is 0.497 e. The first-order valence-electron chi connectivity index (χ1n) is 9.77. The van der Waals surface area contributed by atoms with Crippen LogP contribution >= 0.6 is 0 Å². The van der Waals surface area contributed by atoms with Gasteiger partial charge in [-0.3, -0.25) is 4.79 Å². The molecule has 0 spiro atoms. The van der Waals surface area contributed by atoms with Crippen LogP contribution in [0.2, 0.25) is 0 Å². The first kappa shape index (κ1) is 18.6. The number of nitrogens with zero attached hydrogens (tertiary/aromatic N) is 2. The molecule has 0 N–H and O–H groups in total. The lowest BCUT2D eigenvalue weighted by molar-refractivity contribution is -0.139. The third-order valence-corrected chi connectivity index (χ3v) is 5.31. The topological polar surface area (TPSA) is 34.5 Å². The maximum atomic E-state index is 12.8. The lowest BCUT2D eigenvalue weighted by Crippen LogP contribution is -2.39. The van der Waals surface area contributed by atoms with Crippen molar-refractivity contribution in [3.63, 3.8) is 0 Å². The summed E-state index contributed by atoms with van der Waals surface area (Å²) in [6, 6.07) is 12.4. The monoisotopic (exact) mass is 354 g/mol. The standard InChI is InChI=1S/C22H30N2O2/c1-3-4-13-24(22(25)19-9-6-10-19)17-20-11-7-14-23(20)16-18-8-5-12-21(15-18)26-2/h5,7-8,11-12,14-15,19H,3-4,6,9-10,13,16-17H2,1-2H3. The molecule has 140 valence electrons. The van der Waals surface area contributed by atoms with Crippen LogP contribution in [-0.4, -0.2) is 29.0 Å². The van der Waals surface area contributed by atoms with E-state index in [0.29, 0.717) is 12.5 Å². The van der Waals surface area contributed by atoms with Crippen LogP contribution in [0.3, 0.4) is 0 Å². The number of aromatic nitrogens is 1. The quantitative estimate of drug-likeness (QED) is 0.666. The van der Waals surface area contributed by atoms with E-state index < -0.39 is 0 Å². The molecule has 1 amide bonds. The van der Waals surface area contributed by atoms with Crippen LogP contribution in [-0.2, 0) is 17.9 Å². The van der Waals surface area contributed by atoms with Crippen molar-refractivity contribution in [3.8, 4) is 5.75 Å².